The molecule has 1 aliphatic rings. The summed E-state index contributed by atoms with van der Waals surface area (Å²) in [7, 11) is 0.819. The predicted molar refractivity (Wildman–Crippen MR) is 100 cm³/mol. The zero-order valence-electron chi connectivity index (χ0n) is 13.2. The van der Waals surface area contributed by atoms with Crippen LogP contribution >= 0.6 is 11.6 Å². The van der Waals surface area contributed by atoms with Crippen molar-refractivity contribution >= 4 is 45.6 Å². The first-order valence-electron chi connectivity index (χ1n) is 7.63. The highest BCUT2D eigenvalue weighted by Crippen LogP contribution is 2.26. The molecule has 1 saturated heterocycles. The van der Waals surface area contributed by atoms with E-state index in [1.165, 1.54) is 0 Å². The molecule has 1 unspecified atom stereocenters. The Balaban J connectivity index is 1.72. The fraction of sp³-hybridized carbons (Fsp3) is 0.235. The van der Waals surface area contributed by atoms with E-state index in [2.05, 4.69) is 10.6 Å². The quantitative estimate of drug-likeness (QED) is 0.873. The van der Waals surface area contributed by atoms with Crippen LogP contribution in [-0.4, -0.2) is 29.5 Å². The minimum absolute atomic E-state index is 0.200. The lowest BCUT2D eigenvalue weighted by molar-refractivity contribution is 0.102. The fourth-order valence-corrected chi connectivity index (χ4v) is 4.07. The second kappa shape index (κ2) is 7.23. The molecular formula is C17H18ClN3O2S. The van der Waals surface area contributed by atoms with Crippen LogP contribution in [0.4, 0.5) is 17.1 Å². The van der Waals surface area contributed by atoms with E-state index in [1.807, 2.05) is 16.4 Å². The normalized spacial score (nSPS) is 16.9. The molecule has 0 bridgehead atoms. The second-order valence-corrected chi connectivity index (χ2v) is 7.33. The molecule has 5 nitrogen and oxygen atoms in total. The van der Waals surface area contributed by atoms with Gasteiger partial charge in [0.2, 0.25) is 0 Å². The van der Waals surface area contributed by atoms with E-state index < -0.39 is 11.0 Å². The summed E-state index contributed by atoms with van der Waals surface area (Å²) in [6.07, 6.45) is 0.930. The summed E-state index contributed by atoms with van der Waals surface area (Å²) in [5.74, 6) is 0.501. The molecule has 2 aromatic carbocycles. The van der Waals surface area contributed by atoms with Crippen molar-refractivity contribution in [2.24, 2.45) is 0 Å². The van der Waals surface area contributed by atoms with Gasteiger partial charge >= 0.3 is 0 Å². The van der Waals surface area contributed by atoms with Crippen molar-refractivity contribution in [3.8, 4) is 0 Å². The fourth-order valence-electron chi connectivity index (χ4n) is 2.57. The van der Waals surface area contributed by atoms with Gasteiger partial charge < -0.3 is 10.6 Å². The SMILES string of the molecule is CNc1cc(NC(=O)c2ccc(N3CCCS3=O)cc2)ccc1Cl. The number of carbonyl (C=O) groups excluding carboxylic acids is 1. The van der Waals surface area contributed by atoms with Crippen LogP contribution < -0.4 is 14.9 Å². The molecule has 2 N–H and O–H groups in total. The van der Waals surface area contributed by atoms with Gasteiger partial charge in [-0.15, -0.1) is 0 Å². The average molecular weight is 364 g/mol. The number of amides is 1. The van der Waals surface area contributed by atoms with Crippen LogP contribution in [0.25, 0.3) is 0 Å². The summed E-state index contributed by atoms with van der Waals surface area (Å²) < 4.78 is 13.7. The Morgan fingerprint density at radius 1 is 1.21 bits per heavy atom. The molecule has 0 aliphatic carbocycles. The van der Waals surface area contributed by atoms with Crippen LogP contribution in [0.15, 0.2) is 42.5 Å². The number of nitrogens with zero attached hydrogens (tertiary/aromatic N) is 1. The topological polar surface area (TPSA) is 61.4 Å². The van der Waals surface area contributed by atoms with Crippen molar-refractivity contribution in [2.45, 2.75) is 6.42 Å². The lowest BCUT2D eigenvalue weighted by Gasteiger charge is -2.16. The lowest BCUT2D eigenvalue weighted by Crippen LogP contribution is -2.19. The number of halogens is 1. The highest BCUT2D eigenvalue weighted by atomic mass is 35.5. The van der Waals surface area contributed by atoms with E-state index in [9.17, 15) is 9.00 Å². The number of rotatable bonds is 4. The van der Waals surface area contributed by atoms with Crippen molar-refractivity contribution in [3.63, 3.8) is 0 Å². The molecule has 3 rings (SSSR count). The van der Waals surface area contributed by atoms with Gasteiger partial charge in [-0.2, -0.15) is 0 Å². The van der Waals surface area contributed by atoms with Gasteiger partial charge in [0.15, 0.2) is 0 Å². The number of anilines is 3. The molecule has 1 atom stereocenters. The maximum atomic E-state index is 12.4. The highest BCUT2D eigenvalue weighted by Gasteiger charge is 2.20. The van der Waals surface area contributed by atoms with Crippen molar-refractivity contribution in [1.82, 2.24) is 0 Å². The van der Waals surface area contributed by atoms with Gasteiger partial charge in [-0.05, 0) is 48.9 Å². The van der Waals surface area contributed by atoms with Crippen LogP contribution in [0.2, 0.25) is 5.02 Å². The van der Waals surface area contributed by atoms with Gasteiger partial charge in [-0.3, -0.25) is 9.10 Å². The summed E-state index contributed by atoms with van der Waals surface area (Å²) >= 11 is 6.04. The molecule has 24 heavy (non-hydrogen) atoms. The molecule has 126 valence electrons. The van der Waals surface area contributed by atoms with Gasteiger partial charge in [0, 0.05) is 36.3 Å². The van der Waals surface area contributed by atoms with E-state index in [4.69, 9.17) is 11.6 Å². The number of nitrogens with one attached hydrogen (secondary N) is 2. The minimum atomic E-state index is -0.953. The molecule has 1 fully saturated rings. The summed E-state index contributed by atoms with van der Waals surface area (Å²) in [6.45, 7) is 0.787. The third-order valence-electron chi connectivity index (χ3n) is 3.84. The number of benzene rings is 2. The summed E-state index contributed by atoms with van der Waals surface area (Å²) in [5, 5.41) is 6.42. The Bertz CT molecular complexity index is 780. The van der Waals surface area contributed by atoms with Crippen molar-refractivity contribution in [3.05, 3.63) is 53.1 Å². The number of hydrogen-bond donors (Lipinski definition) is 2. The van der Waals surface area contributed by atoms with Gasteiger partial charge in [0.25, 0.3) is 5.91 Å². The third kappa shape index (κ3) is 3.55. The lowest BCUT2D eigenvalue weighted by atomic mass is 10.2. The minimum Gasteiger partial charge on any atom is -0.387 e. The average Bonchev–Trinajstić information content (AvgIpc) is 3.02. The highest BCUT2D eigenvalue weighted by molar-refractivity contribution is 7.86. The van der Waals surface area contributed by atoms with E-state index >= 15 is 0 Å². The molecule has 1 amide bonds. The van der Waals surface area contributed by atoms with Crippen LogP contribution in [0.3, 0.4) is 0 Å². The zero-order chi connectivity index (χ0) is 17.1. The maximum absolute atomic E-state index is 12.4. The maximum Gasteiger partial charge on any atom is 0.255 e. The van der Waals surface area contributed by atoms with Crippen LogP contribution in [0.5, 0.6) is 0 Å². The monoisotopic (exact) mass is 363 g/mol. The first kappa shape index (κ1) is 16.8. The zero-order valence-corrected chi connectivity index (χ0v) is 14.8. The van der Waals surface area contributed by atoms with E-state index in [0.717, 1.165) is 24.3 Å². The Morgan fingerprint density at radius 3 is 2.58 bits per heavy atom. The van der Waals surface area contributed by atoms with E-state index in [1.54, 1.807) is 37.4 Å². The molecule has 0 spiro atoms. The summed E-state index contributed by atoms with van der Waals surface area (Å²) in [4.78, 5) is 12.4. The van der Waals surface area contributed by atoms with Gasteiger partial charge in [-0.25, -0.2) is 4.21 Å². The smallest absolute Gasteiger partial charge is 0.255 e. The standard InChI is InChI=1S/C17H18ClN3O2S/c1-19-16-11-13(5-8-15(16)18)20-17(22)12-3-6-14(7-4-12)21-9-2-10-24(21)23/h3-8,11,19H,2,9-10H2,1H3,(H,20,22). The number of carbonyl (C=O) groups is 1. The van der Waals surface area contributed by atoms with Crippen LogP contribution in [0.1, 0.15) is 16.8 Å². The van der Waals surface area contributed by atoms with Crippen LogP contribution in [-0.2, 0) is 11.0 Å². The van der Waals surface area contributed by atoms with Crippen molar-refractivity contribution in [2.75, 3.05) is 34.3 Å². The Labute approximate surface area is 148 Å². The van der Waals surface area contributed by atoms with Gasteiger partial charge in [0.1, 0.15) is 11.0 Å². The van der Waals surface area contributed by atoms with E-state index in [0.29, 0.717) is 22.0 Å². The second-order valence-electron chi connectivity index (χ2n) is 5.43. The molecule has 7 heteroatoms. The Hall–Kier alpha value is -2.05. The molecule has 0 aromatic heterocycles. The third-order valence-corrected chi connectivity index (χ3v) is 5.69. The molecule has 1 aliphatic heterocycles. The van der Waals surface area contributed by atoms with E-state index in [-0.39, 0.29) is 5.91 Å². The van der Waals surface area contributed by atoms with Gasteiger partial charge in [-0.1, -0.05) is 11.6 Å². The largest absolute Gasteiger partial charge is 0.387 e. The summed E-state index contributed by atoms with van der Waals surface area (Å²) in [6, 6.07) is 12.4. The molecule has 0 radical (unpaired) electrons. The van der Waals surface area contributed by atoms with Crippen molar-refractivity contribution < 1.29 is 9.00 Å². The summed E-state index contributed by atoms with van der Waals surface area (Å²) in [5.41, 5.74) is 2.84. The molecule has 2 aromatic rings. The molecule has 1 heterocycles. The first-order valence-corrected chi connectivity index (χ1v) is 9.28. The number of hydrogen-bond acceptors (Lipinski definition) is 3. The predicted octanol–water partition coefficient (Wildman–Crippen LogP) is 3.51. The molecule has 0 saturated carbocycles. The Morgan fingerprint density at radius 2 is 1.96 bits per heavy atom. The van der Waals surface area contributed by atoms with Gasteiger partial charge in [0.05, 0.1) is 10.7 Å². The van der Waals surface area contributed by atoms with Crippen molar-refractivity contribution in [1.29, 1.82) is 0 Å². The molecular weight excluding hydrogens is 346 g/mol. The van der Waals surface area contributed by atoms with Crippen LogP contribution in [0, 0.1) is 0 Å². The first-order chi connectivity index (χ1) is 11.6. The Kier molecular flexibility index (Phi) is 5.06.